The molecular formula is C27H28F5N5O2. The monoisotopic (exact) mass is 549 g/mol. The third-order valence-corrected chi connectivity index (χ3v) is 6.56. The number of aryl methyl sites for hydroxylation is 1. The van der Waals surface area contributed by atoms with Crippen LogP contribution in [0.15, 0.2) is 48.7 Å². The van der Waals surface area contributed by atoms with Crippen molar-refractivity contribution in [1.29, 1.82) is 0 Å². The molecule has 4 rings (SSSR count). The molecule has 12 heteroatoms. The molecule has 4 aromatic rings. The summed E-state index contributed by atoms with van der Waals surface area (Å²) in [6.07, 6.45) is -4.10. The highest BCUT2D eigenvalue weighted by Crippen LogP contribution is 2.44. The van der Waals surface area contributed by atoms with Gasteiger partial charge in [0.15, 0.2) is 11.2 Å². The molecular weight excluding hydrogens is 521 g/mol. The van der Waals surface area contributed by atoms with Gasteiger partial charge in [0.2, 0.25) is 0 Å². The maximum atomic E-state index is 14.4. The Balaban J connectivity index is 1.70. The van der Waals surface area contributed by atoms with Crippen molar-refractivity contribution in [3.8, 4) is 11.4 Å². The van der Waals surface area contributed by atoms with E-state index in [1.165, 1.54) is 62.2 Å². The van der Waals surface area contributed by atoms with Gasteiger partial charge in [0.05, 0.1) is 30.9 Å². The van der Waals surface area contributed by atoms with Gasteiger partial charge >= 0.3 is 6.18 Å². The second-order valence-corrected chi connectivity index (χ2v) is 9.90. The van der Waals surface area contributed by atoms with Gasteiger partial charge in [-0.2, -0.15) is 18.3 Å². The van der Waals surface area contributed by atoms with Gasteiger partial charge in [-0.05, 0) is 54.3 Å². The smallest absolute Gasteiger partial charge is 0.418 e. The average Bonchev–Trinajstić information content (AvgIpc) is 3.31. The SMILES string of the molecule is CCc1nc(NCC(O)(CC(C)(C)c2cc(F)ccc2OC)C(F)(F)F)c2cnn(-c3ccc(F)cc3)c2n1. The predicted octanol–water partition coefficient (Wildman–Crippen LogP) is 5.74. The lowest BCUT2D eigenvalue weighted by molar-refractivity contribution is -0.260. The fraction of sp³-hybridized carbons (Fsp3) is 0.370. The lowest BCUT2D eigenvalue weighted by Crippen LogP contribution is -2.53. The number of nitrogens with zero attached hydrogens (tertiary/aromatic N) is 4. The summed E-state index contributed by atoms with van der Waals surface area (Å²) in [5.41, 5.74) is -3.59. The second kappa shape index (κ2) is 10.4. The molecule has 0 saturated heterocycles. The first-order valence-corrected chi connectivity index (χ1v) is 12.2. The molecule has 7 nitrogen and oxygen atoms in total. The topological polar surface area (TPSA) is 85.1 Å². The van der Waals surface area contributed by atoms with Crippen molar-refractivity contribution in [3.05, 3.63) is 71.7 Å². The van der Waals surface area contributed by atoms with E-state index in [-0.39, 0.29) is 17.1 Å². The van der Waals surface area contributed by atoms with Crippen molar-refractivity contribution in [2.75, 3.05) is 19.0 Å². The summed E-state index contributed by atoms with van der Waals surface area (Å²) in [7, 11) is 1.34. The van der Waals surface area contributed by atoms with Crippen LogP contribution in [0.5, 0.6) is 5.75 Å². The molecule has 0 saturated carbocycles. The van der Waals surface area contributed by atoms with Crippen LogP contribution < -0.4 is 10.1 Å². The summed E-state index contributed by atoms with van der Waals surface area (Å²) in [5, 5.41) is 18.3. The molecule has 0 aliphatic carbocycles. The first-order valence-electron chi connectivity index (χ1n) is 12.2. The molecule has 208 valence electrons. The fourth-order valence-electron chi connectivity index (χ4n) is 4.55. The third kappa shape index (κ3) is 5.65. The van der Waals surface area contributed by atoms with Gasteiger partial charge in [0.1, 0.15) is 29.0 Å². The van der Waals surface area contributed by atoms with Crippen LogP contribution in [-0.2, 0) is 11.8 Å². The molecule has 2 N–H and O–H groups in total. The number of aliphatic hydroxyl groups is 1. The van der Waals surface area contributed by atoms with E-state index >= 15 is 0 Å². The Bertz CT molecular complexity index is 1470. The first-order chi connectivity index (χ1) is 18.3. The molecule has 0 amide bonds. The lowest BCUT2D eigenvalue weighted by Gasteiger charge is -2.38. The molecule has 0 aliphatic rings. The number of benzene rings is 2. The standard InChI is InChI=1S/C27H28F5N5O2/c1-5-22-35-23(19-13-34-37(24(19)36-22)18-9-6-16(28)7-10-18)33-15-26(38,27(30,31)32)14-25(2,3)20-12-17(29)8-11-21(20)39-4/h6-13,38H,5,14-15H2,1-4H3,(H,33,35,36). The molecule has 0 aliphatic heterocycles. The molecule has 0 radical (unpaired) electrons. The molecule has 2 aromatic heterocycles. The molecule has 2 aromatic carbocycles. The Morgan fingerprint density at radius 3 is 2.28 bits per heavy atom. The molecule has 0 fully saturated rings. The van der Waals surface area contributed by atoms with E-state index in [2.05, 4.69) is 20.4 Å². The molecule has 2 heterocycles. The van der Waals surface area contributed by atoms with Crippen LogP contribution in [0.3, 0.4) is 0 Å². The van der Waals surface area contributed by atoms with Crippen LogP contribution in [-0.4, -0.2) is 50.3 Å². The molecule has 0 spiro atoms. The van der Waals surface area contributed by atoms with Gasteiger partial charge < -0.3 is 15.2 Å². The number of ether oxygens (including phenoxy) is 1. The second-order valence-electron chi connectivity index (χ2n) is 9.90. The van der Waals surface area contributed by atoms with Crippen molar-refractivity contribution in [2.24, 2.45) is 0 Å². The Morgan fingerprint density at radius 2 is 1.67 bits per heavy atom. The summed E-state index contributed by atoms with van der Waals surface area (Å²) < 4.78 is 77.2. The van der Waals surface area contributed by atoms with Crippen LogP contribution in [0, 0.1) is 11.6 Å². The highest BCUT2D eigenvalue weighted by atomic mass is 19.4. The maximum Gasteiger partial charge on any atom is 0.418 e. The van der Waals surface area contributed by atoms with Crippen molar-refractivity contribution in [1.82, 2.24) is 19.7 Å². The number of nitrogens with one attached hydrogen (secondary N) is 1. The van der Waals surface area contributed by atoms with Crippen LogP contribution >= 0.6 is 0 Å². The fourth-order valence-corrected chi connectivity index (χ4v) is 4.55. The van der Waals surface area contributed by atoms with Crippen molar-refractivity contribution in [2.45, 2.75) is 50.8 Å². The van der Waals surface area contributed by atoms with Crippen LogP contribution in [0.4, 0.5) is 27.8 Å². The number of fused-ring (bicyclic) bond motifs is 1. The van der Waals surface area contributed by atoms with Gasteiger partial charge in [-0.25, -0.2) is 23.4 Å². The highest BCUT2D eigenvalue weighted by molar-refractivity contribution is 5.87. The summed E-state index contributed by atoms with van der Waals surface area (Å²) in [5.74, 6) is -0.492. The van der Waals surface area contributed by atoms with E-state index in [0.29, 0.717) is 29.0 Å². The van der Waals surface area contributed by atoms with E-state index in [4.69, 9.17) is 4.74 Å². The van der Waals surface area contributed by atoms with E-state index in [0.717, 1.165) is 12.1 Å². The van der Waals surface area contributed by atoms with Gasteiger partial charge in [-0.15, -0.1) is 0 Å². The largest absolute Gasteiger partial charge is 0.496 e. The Morgan fingerprint density at radius 1 is 1.00 bits per heavy atom. The minimum absolute atomic E-state index is 0.0500. The zero-order valence-corrected chi connectivity index (χ0v) is 21.8. The minimum Gasteiger partial charge on any atom is -0.496 e. The van der Waals surface area contributed by atoms with Gasteiger partial charge in [0.25, 0.3) is 0 Å². The van der Waals surface area contributed by atoms with E-state index < -0.39 is 41.8 Å². The molecule has 1 atom stereocenters. The van der Waals surface area contributed by atoms with E-state index in [1.807, 2.05) is 0 Å². The van der Waals surface area contributed by atoms with Crippen molar-refractivity contribution in [3.63, 3.8) is 0 Å². The Labute approximate surface area is 221 Å². The van der Waals surface area contributed by atoms with Crippen LogP contribution in [0.1, 0.15) is 38.6 Å². The number of alkyl halides is 3. The maximum absolute atomic E-state index is 14.4. The zero-order valence-electron chi connectivity index (χ0n) is 21.8. The number of hydrogen-bond acceptors (Lipinski definition) is 6. The minimum atomic E-state index is -5.05. The Hall–Kier alpha value is -3.80. The molecule has 1 unspecified atom stereocenters. The van der Waals surface area contributed by atoms with E-state index in [9.17, 15) is 27.1 Å². The molecule has 0 bridgehead atoms. The van der Waals surface area contributed by atoms with Crippen LogP contribution in [0.2, 0.25) is 0 Å². The van der Waals surface area contributed by atoms with Crippen molar-refractivity contribution >= 4 is 16.9 Å². The summed E-state index contributed by atoms with van der Waals surface area (Å²) in [4.78, 5) is 8.79. The normalized spacial score (nSPS) is 13.9. The number of hydrogen-bond donors (Lipinski definition) is 2. The predicted molar refractivity (Wildman–Crippen MR) is 136 cm³/mol. The van der Waals surface area contributed by atoms with Crippen LogP contribution in [0.25, 0.3) is 16.7 Å². The van der Waals surface area contributed by atoms with Crippen molar-refractivity contribution < 1.29 is 31.8 Å². The first kappa shape index (κ1) is 28.2. The van der Waals surface area contributed by atoms with Gasteiger partial charge in [0, 0.05) is 12.0 Å². The third-order valence-electron chi connectivity index (χ3n) is 6.56. The number of anilines is 1. The van der Waals surface area contributed by atoms with E-state index in [1.54, 1.807) is 6.92 Å². The number of methoxy groups -OCH3 is 1. The summed E-state index contributed by atoms with van der Waals surface area (Å²) in [6, 6.07) is 9.08. The van der Waals surface area contributed by atoms with Gasteiger partial charge in [-0.1, -0.05) is 20.8 Å². The number of aromatic nitrogens is 4. The summed E-state index contributed by atoms with van der Waals surface area (Å²) >= 11 is 0. The lowest BCUT2D eigenvalue weighted by atomic mass is 9.74. The quantitative estimate of drug-likeness (QED) is 0.259. The zero-order chi connectivity index (χ0) is 28.6. The number of halogens is 5. The highest BCUT2D eigenvalue weighted by Gasteiger charge is 2.56. The average molecular weight is 550 g/mol. The van der Waals surface area contributed by atoms with Gasteiger partial charge in [-0.3, -0.25) is 0 Å². The Kier molecular flexibility index (Phi) is 7.53. The molecule has 39 heavy (non-hydrogen) atoms. The summed E-state index contributed by atoms with van der Waals surface area (Å²) in [6.45, 7) is 3.79. The number of rotatable bonds is 9.